The minimum atomic E-state index is -2.00. The van der Waals surface area contributed by atoms with Crippen LogP contribution in [0.2, 0.25) is 5.15 Å². The molecule has 0 bridgehead atoms. The van der Waals surface area contributed by atoms with Gasteiger partial charge in [-0.15, -0.1) is 0 Å². The minimum absolute atomic E-state index is 0.00113. The van der Waals surface area contributed by atoms with E-state index in [4.69, 9.17) is 22.3 Å². The molecule has 1 aliphatic heterocycles. The molecule has 2 heterocycles. The molecule has 0 saturated heterocycles. The van der Waals surface area contributed by atoms with Crippen LogP contribution in [0.1, 0.15) is 68.5 Å². The van der Waals surface area contributed by atoms with Crippen molar-refractivity contribution in [3.8, 4) is 6.07 Å². The lowest BCUT2D eigenvalue weighted by atomic mass is 9.79. The monoisotopic (exact) mass is 1060 g/mol. The Morgan fingerprint density at radius 2 is 1.05 bits per heavy atom. The van der Waals surface area contributed by atoms with Crippen molar-refractivity contribution in [1.29, 1.82) is 5.26 Å². The Kier molecular flexibility index (Phi) is 16.3. The van der Waals surface area contributed by atoms with Crippen LogP contribution in [0.3, 0.4) is 0 Å². The first-order valence-electron chi connectivity index (χ1n) is 24.9. The van der Waals surface area contributed by atoms with Crippen molar-refractivity contribution >= 4 is 94.2 Å². The molecule has 3 N–H and O–H groups in total. The topological polar surface area (TPSA) is 172 Å². The fourth-order valence-electron chi connectivity index (χ4n) is 9.21. The van der Waals surface area contributed by atoms with Gasteiger partial charge in [-0.2, -0.15) is 5.26 Å². The molecule has 386 valence electrons. The molecular weight excluding hydrogens is 1010 g/mol. The van der Waals surface area contributed by atoms with Crippen LogP contribution in [0, 0.1) is 17.1 Å². The first-order valence-corrected chi connectivity index (χ1v) is 25.2. The fourth-order valence-corrected chi connectivity index (χ4v) is 9.44. The SMILES string of the molecule is CC1(c2c(F)c(C(=Cc3ccccc3)C(=O)C=Cc3ccccc3)cc(N(C(=O)O)C(=Cc3ccccc3)C(=O)C=Cc3ccccc3)c2C(=Cc2ccccc2)C(=O)C=Cc2ccccc2)Cn2c(nc(Cl)c2C#N)C(N)=N1. The van der Waals surface area contributed by atoms with Crippen molar-refractivity contribution in [2.75, 3.05) is 4.90 Å². The van der Waals surface area contributed by atoms with Crippen LogP contribution in [-0.2, 0) is 26.5 Å². The number of aromatic nitrogens is 2. The summed E-state index contributed by atoms with van der Waals surface area (Å²) < 4.78 is 20.9. The van der Waals surface area contributed by atoms with E-state index < -0.39 is 63.9 Å². The number of allylic oxidation sites excluding steroid dienone is 5. The number of fused-ring (bicyclic) bond motifs is 1. The highest BCUT2D eigenvalue weighted by Gasteiger charge is 2.44. The van der Waals surface area contributed by atoms with Gasteiger partial charge in [0.05, 0.1) is 12.2 Å². The Hall–Kier alpha value is -10.4. The number of imidazole rings is 1. The lowest BCUT2D eigenvalue weighted by molar-refractivity contribution is -0.111. The molecule has 8 aromatic rings. The van der Waals surface area contributed by atoms with E-state index in [1.807, 2.05) is 18.2 Å². The molecule has 13 heteroatoms. The van der Waals surface area contributed by atoms with Gasteiger partial charge in [0.2, 0.25) is 5.78 Å². The van der Waals surface area contributed by atoms with Crippen LogP contribution in [0.15, 0.2) is 217 Å². The maximum atomic E-state index is 19.5. The number of hydrogen-bond acceptors (Lipinski definition) is 8. The number of rotatable bonds is 17. The van der Waals surface area contributed by atoms with Gasteiger partial charge in [-0.05, 0) is 82.8 Å². The predicted octanol–water partition coefficient (Wildman–Crippen LogP) is 13.6. The predicted molar refractivity (Wildman–Crippen MR) is 311 cm³/mol. The van der Waals surface area contributed by atoms with E-state index >= 15 is 18.8 Å². The van der Waals surface area contributed by atoms with Crippen molar-refractivity contribution in [2.24, 2.45) is 10.7 Å². The van der Waals surface area contributed by atoms with Crippen LogP contribution in [-0.4, -0.2) is 43.9 Å². The standard InChI is InChI=1S/C66H48ClFN6O5/c1-66(43-73-55(42-69)62(67)71-64(73)63(70)72-66)60-59(52(39-48-28-16-6-17-29-48)57(76)36-33-45-22-10-3-11-23-45)54(74(65(78)79)53(40-49-30-18-7-19-31-49)58(77)37-34-46-24-12-4-13-25-46)41-51(61(60)68)50(38-47-26-14-5-15-27-47)56(75)35-32-44-20-8-2-9-21-44/h2-41H,43H2,1H3,(H2,70,72)(H,78,79). The lowest BCUT2D eigenvalue weighted by Crippen LogP contribution is -2.40. The molecule has 1 amide bonds. The third kappa shape index (κ3) is 12.2. The van der Waals surface area contributed by atoms with Gasteiger partial charge in [0.15, 0.2) is 34.1 Å². The highest BCUT2D eigenvalue weighted by Crippen LogP contribution is 2.47. The molecule has 0 radical (unpaired) electrons. The van der Waals surface area contributed by atoms with Gasteiger partial charge in [-0.1, -0.05) is 212 Å². The van der Waals surface area contributed by atoms with Crippen molar-refractivity contribution in [2.45, 2.75) is 19.0 Å². The number of nitrogens with two attached hydrogens (primary N) is 1. The summed E-state index contributed by atoms with van der Waals surface area (Å²) in [5, 5.41) is 22.2. The quantitative estimate of drug-likeness (QED) is 0.0670. The van der Waals surface area contributed by atoms with Gasteiger partial charge >= 0.3 is 6.09 Å². The maximum absolute atomic E-state index is 19.5. The number of amidine groups is 1. The molecule has 1 aliphatic rings. The zero-order valence-corrected chi connectivity index (χ0v) is 43.2. The van der Waals surface area contributed by atoms with Crippen molar-refractivity contribution in [3.63, 3.8) is 0 Å². The average molecular weight is 1060 g/mol. The van der Waals surface area contributed by atoms with Gasteiger partial charge in [0.25, 0.3) is 0 Å². The van der Waals surface area contributed by atoms with Crippen LogP contribution < -0.4 is 10.6 Å². The number of halogens is 2. The molecule has 0 spiro atoms. The van der Waals surface area contributed by atoms with Crippen molar-refractivity contribution < 1.29 is 28.7 Å². The Balaban J connectivity index is 1.46. The number of aliphatic imine (C=N–C) groups is 1. The number of amides is 1. The Bertz CT molecular complexity index is 3880. The summed E-state index contributed by atoms with van der Waals surface area (Å²) in [6.07, 6.45) is 11.1. The van der Waals surface area contributed by atoms with E-state index in [2.05, 4.69) is 11.1 Å². The second-order valence-electron chi connectivity index (χ2n) is 18.4. The summed E-state index contributed by atoms with van der Waals surface area (Å²) >= 11 is 6.55. The second-order valence-corrected chi connectivity index (χ2v) is 18.7. The van der Waals surface area contributed by atoms with E-state index in [1.54, 1.807) is 176 Å². The zero-order chi connectivity index (χ0) is 55.5. The second kappa shape index (κ2) is 24.1. The Morgan fingerprint density at radius 3 is 1.49 bits per heavy atom. The highest BCUT2D eigenvalue weighted by molar-refractivity contribution is 6.34. The summed E-state index contributed by atoms with van der Waals surface area (Å²) in [5.74, 6) is -3.61. The highest BCUT2D eigenvalue weighted by atomic mass is 35.5. The summed E-state index contributed by atoms with van der Waals surface area (Å²) in [6, 6.07) is 55.9. The van der Waals surface area contributed by atoms with Gasteiger partial charge in [-0.25, -0.2) is 19.1 Å². The van der Waals surface area contributed by atoms with E-state index in [1.165, 1.54) is 60.1 Å². The molecule has 0 aliphatic carbocycles. The fraction of sp³-hybridized carbons (Fsp3) is 0.0455. The number of ketones is 3. The third-order valence-corrected chi connectivity index (χ3v) is 13.2. The number of carbonyl (C=O) groups excluding carboxylic acids is 3. The summed E-state index contributed by atoms with van der Waals surface area (Å²) in [4.78, 5) is 70.5. The van der Waals surface area contributed by atoms with E-state index in [-0.39, 0.29) is 39.2 Å². The first-order chi connectivity index (χ1) is 38.3. The molecule has 7 aromatic carbocycles. The summed E-state index contributed by atoms with van der Waals surface area (Å²) in [5.41, 5.74) is 5.30. The van der Waals surface area contributed by atoms with Crippen molar-refractivity contribution in [1.82, 2.24) is 9.55 Å². The number of anilines is 1. The molecule has 1 aromatic heterocycles. The smallest absolute Gasteiger partial charge is 0.416 e. The van der Waals surface area contributed by atoms with E-state index in [0.29, 0.717) is 38.3 Å². The number of carboxylic acid groups (broad SMARTS) is 1. The van der Waals surface area contributed by atoms with E-state index in [0.717, 1.165) is 0 Å². The normalized spacial score (nSPS) is 14.7. The molecule has 11 nitrogen and oxygen atoms in total. The summed E-state index contributed by atoms with van der Waals surface area (Å²) in [7, 11) is 0. The molecule has 9 rings (SSSR count). The molecule has 1 atom stereocenters. The zero-order valence-electron chi connectivity index (χ0n) is 42.5. The molecule has 0 saturated carbocycles. The van der Waals surface area contributed by atoms with Crippen LogP contribution in [0.5, 0.6) is 0 Å². The third-order valence-electron chi connectivity index (χ3n) is 12.9. The molecular formula is C66H48ClFN6O5. The molecule has 1 unspecified atom stereocenters. The van der Waals surface area contributed by atoms with Gasteiger partial charge in [-0.3, -0.25) is 19.4 Å². The van der Waals surface area contributed by atoms with Gasteiger partial charge < -0.3 is 15.4 Å². The number of nitrogens with zero attached hydrogens (tertiary/aromatic N) is 5. The molecule has 79 heavy (non-hydrogen) atoms. The van der Waals surface area contributed by atoms with Crippen LogP contribution >= 0.6 is 11.6 Å². The van der Waals surface area contributed by atoms with Gasteiger partial charge in [0, 0.05) is 27.8 Å². The Morgan fingerprint density at radius 1 is 0.646 bits per heavy atom. The lowest BCUT2D eigenvalue weighted by Gasteiger charge is -2.36. The number of benzene rings is 7. The van der Waals surface area contributed by atoms with Crippen LogP contribution in [0.4, 0.5) is 14.9 Å². The summed E-state index contributed by atoms with van der Waals surface area (Å²) in [6.45, 7) is 1.11. The van der Waals surface area contributed by atoms with Gasteiger partial charge in [0.1, 0.15) is 23.1 Å². The van der Waals surface area contributed by atoms with Crippen LogP contribution in [0.25, 0.3) is 47.6 Å². The largest absolute Gasteiger partial charge is 0.464 e. The Labute approximate surface area is 460 Å². The average Bonchev–Trinajstić information content (AvgIpc) is 4.02. The van der Waals surface area contributed by atoms with E-state index in [9.17, 15) is 15.2 Å². The number of carbonyl (C=O) groups is 4. The minimum Gasteiger partial charge on any atom is -0.464 e. The number of hydrogen-bond donors (Lipinski definition) is 2. The number of nitriles is 1. The maximum Gasteiger partial charge on any atom is 0.416 e. The first kappa shape index (κ1) is 53.5. The van der Waals surface area contributed by atoms with Crippen molar-refractivity contribution in [3.05, 3.63) is 285 Å². The molecule has 0 fully saturated rings.